The van der Waals surface area contributed by atoms with Crippen LogP contribution < -0.4 is 0 Å². The maximum Gasteiger partial charge on any atom is 0.292 e. The summed E-state index contributed by atoms with van der Waals surface area (Å²) in [6, 6.07) is 13.8. The Bertz CT molecular complexity index is 897. The average molecular weight is 362 g/mol. The van der Waals surface area contributed by atoms with Gasteiger partial charge in [-0.05, 0) is 18.6 Å². The molecule has 138 valence electrons. The van der Waals surface area contributed by atoms with Crippen molar-refractivity contribution < 1.29 is 9.32 Å². The molecule has 0 spiro atoms. The summed E-state index contributed by atoms with van der Waals surface area (Å²) >= 11 is 0. The van der Waals surface area contributed by atoms with E-state index in [2.05, 4.69) is 21.1 Å². The molecule has 1 fully saturated rings. The van der Waals surface area contributed by atoms with Crippen LogP contribution in [0, 0.1) is 6.92 Å². The predicted octanol–water partition coefficient (Wildman–Crippen LogP) is 3.00. The lowest BCUT2D eigenvalue weighted by atomic mass is 10.1. The van der Waals surface area contributed by atoms with E-state index >= 15 is 0 Å². The Kier molecular flexibility index (Phi) is 4.98. The van der Waals surface area contributed by atoms with Crippen LogP contribution in [0.4, 0.5) is 0 Å². The van der Waals surface area contributed by atoms with Crippen molar-refractivity contribution in [2.75, 3.05) is 26.2 Å². The van der Waals surface area contributed by atoms with Crippen molar-refractivity contribution in [1.29, 1.82) is 0 Å². The molecule has 0 saturated carbocycles. The molecule has 0 atom stereocenters. The van der Waals surface area contributed by atoms with Gasteiger partial charge in [-0.1, -0.05) is 41.1 Å². The smallest absolute Gasteiger partial charge is 0.292 e. The Labute approximate surface area is 158 Å². The van der Waals surface area contributed by atoms with Crippen LogP contribution >= 0.6 is 0 Å². The molecule has 6 heteroatoms. The third-order valence-electron chi connectivity index (χ3n) is 4.86. The molecule has 6 nitrogen and oxygen atoms in total. The number of rotatable bonds is 4. The molecule has 27 heavy (non-hydrogen) atoms. The van der Waals surface area contributed by atoms with E-state index in [0.717, 1.165) is 25.2 Å². The van der Waals surface area contributed by atoms with E-state index in [1.807, 2.05) is 48.4 Å². The first kappa shape index (κ1) is 17.4. The molecule has 0 unspecified atom stereocenters. The van der Waals surface area contributed by atoms with Gasteiger partial charge >= 0.3 is 0 Å². The minimum atomic E-state index is -0.0955. The van der Waals surface area contributed by atoms with Crippen LogP contribution in [0.1, 0.15) is 21.7 Å². The van der Waals surface area contributed by atoms with Crippen molar-refractivity contribution in [3.8, 4) is 11.3 Å². The number of hydrogen-bond donors (Lipinski definition) is 0. The largest absolute Gasteiger partial charge is 0.350 e. The number of aryl methyl sites for hydroxylation is 1. The van der Waals surface area contributed by atoms with Crippen molar-refractivity contribution in [2.24, 2.45) is 0 Å². The van der Waals surface area contributed by atoms with Gasteiger partial charge in [-0.25, -0.2) is 0 Å². The number of benzene rings is 1. The van der Waals surface area contributed by atoms with Crippen LogP contribution in [-0.2, 0) is 6.54 Å². The molecule has 0 bridgehead atoms. The number of hydrogen-bond acceptors (Lipinski definition) is 5. The number of pyridine rings is 1. The fourth-order valence-corrected chi connectivity index (χ4v) is 3.25. The maximum absolute atomic E-state index is 12.7. The molecule has 2 aromatic heterocycles. The number of amides is 1. The zero-order valence-electron chi connectivity index (χ0n) is 15.3. The topological polar surface area (TPSA) is 62.5 Å². The summed E-state index contributed by atoms with van der Waals surface area (Å²) < 4.78 is 5.32. The van der Waals surface area contributed by atoms with Crippen molar-refractivity contribution >= 4 is 5.91 Å². The molecule has 0 aliphatic carbocycles. The van der Waals surface area contributed by atoms with Gasteiger partial charge in [0.1, 0.15) is 5.69 Å². The second-order valence-corrected chi connectivity index (χ2v) is 6.87. The normalized spacial score (nSPS) is 15.1. The van der Waals surface area contributed by atoms with E-state index in [1.165, 1.54) is 11.1 Å². The van der Waals surface area contributed by atoms with Crippen molar-refractivity contribution in [3.63, 3.8) is 0 Å². The van der Waals surface area contributed by atoms with Gasteiger partial charge in [0.25, 0.3) is 5.91 Å². The summed E-state index contributed by atoms with van der Waals surface area (Å²) in [7, 11) is 0. The molecule has 1 aromatic carbocycles. The van der Waals surface area contributed by atoms with Crippen LogP contribution in [0.5, 0.6) is 0 Å². The molecular weight excluding hydrogens is 340 g/mol. The Morgan fingerprint density at radius 1 is 1.11 bits per heavy atom. The highest BCUT2D eigenvalue weighted by molar-refractivity contribution is 5.92. The first-order chi connectivity index (χ1) is 13.2. The van der Waals surface area contributed by atoms with Gasteiger partial charge in [-0.15, -0.1) is 0 Å². The summed E-state index contributed by atoms with van der Waals surface area (Å²) in [4.78, 5) is 21.0. The van der Waals surface area contributed by atoms with E-state index in [0.29, 0.717) is 24.5 Å². The quantitative estimate of drug-likeness (QED) is 0.714. The molecule has 1 saturated heterocycles. The van der Waals surface area contributed by atoms with Gasteiger partial charge in [-0.2, -0.15) is 0 Å². The minimum Gasteiger partial charge on any atom is -0.350 e. The third-order valence-corrected chi connectivity index (χ3v) is 4.86. The SMILES string of the molecule is Cc1ccc(-c2cc(C(=O)N3CCN(Cc4cccnc4)CC3)on2)cc1. The van der Waals surface area contributed by atoms with Gasteiger partial charge < -0.3 is 9.42 Å². The van der Waals surface area contributed by atoms with E-state index in [4.69, 9.17) is 4.52 Å². The fraction of sp³-hybridized carbons (Fsp3) is 0.286. The number of carbonyl (C=O) groups is 1. The van der Waals surface area contributed by atoms with Crippen molar-refractivity contribution in [2.45, 2.75) is 13.5 Å². The molecule has 1 aliphatic rings. The molecule has 4 rings (SSSR count). The zero-order chi connectivity index (χ0) is 18.6. The van der Waals surface area contributed by atoms with Crippen molar-refractivity contribution in [3.05, 3.63) is 71.7 Å². The first-order valence-corrected chi connectivity index (χ1v) is 9.13. The molecular formula is C21H22N4O2. The Balaban J connectivity index is 1.36. The zero-order valence-corrected chi connectivity index (χ0v) is 15.3. The van der Waals surface area contributed by atoms with E-state index in [9.17, 15) is 4.79 Å². The number of nitrogens with zero attached hydrogens (tertiary/aromatic N) is 4. The first-order valence-electron chi connectivity index (χ1n) is 9.13. The number of piperazine rings is 1. The van der Waals surface area contributed by atoms with Crippen LogP contribution in [0.25, 0.3) is 11.3 Å². The van der Waals surface area contributed by atoms with Crippen LogP contribution in [0.2, 0.25) is 0 Å². The molecule has 3 aromatic rings. The maximum atomic E-state index is 12.7. The second kappa shape index (κ2) is 7.72. The van der Waals surface area contributed by atoms with E-state index in [1.54, 1.807) is 12.3 Å². The minimum absolute atomic E-state index is 0.0955. The van der Waals surface area contributed by atoms with Gasteiger partial charge in [0.05, 0.1) is 0 Å². The molecule has 0 N–H and O–H groups in total. The predicted molar refractivity (Wildman–Crippen MR) is 102 cm³/mol. The van der Waals surface area contributed by atoms with Gasteiger partial charge in [-0.3, -0.25) is 14.7 Å². The van der Waals surface area contributed by atoms with Gasteiger partial charge in [0.2, 0.25) is 5.76 Å². The molecule has 1 amide bonds. The lowest BCUT2D eigenvalue weighted by molar-refractivity contribution is 0.0588. The van der Waals surface area contributed by atoms with Crippen LogP contribution in [0.15, 0.2) is 59.4 Å². The standard InChI is InChI=1S/C21H22N4O2/c1-16-4-6-18(7-5-16)19-13-20(27-23-19)21(26)25-11-9-24(10-12-25)15-17-3-2-8-22-14-17/h2-8,13-14H,9-12,15H2,1H3. The fourth-order valence-electron chi connectivity index (χ4n) is 3.25. The second-order valence-electron chi connectivity index (χ2n) is 6.87. The van der Waals surface area contributed by atoms with Crippen LogP contribution in [-0.4, -0.2) is 52.0 Å². The van der Waals surface area contributed by atoms with Gasteiger partial charge in [0, 0.05) is 56.7 Å². The highest BCUT2D eigenvalue weighted by atomic mass is 16.5. The van der Waals surface area contributed by atoms with Crippen molar-refractivity contribution in [1.82, 2.24) is 19.9 Å². The highest BCUT2D eigenvalue weighted by Gasteiger charge is 2.25. The molecule has 1 aliphatic heterocycles. The molecule has 3 heterocycles. The monoisotopic (exact) mass is 362 g/mol. The average Bonchev–Trinajstić information content (AvgIpc) is 3.20. The summed E-state index contributed by atoms with van der Waals surface area (Å²) in [5.41, 5.74) is 4.01. The summed E-state index contributed by atoms with van der Waals surface area (Å²) in [6.07, 6.45) is 3.67. The summed E-state index contributed by atoms with van der Waals surface area (Å²) in [6.45, 7) is 5.92. The van der Waals surface area contributed by atoms with E-state index < -0.39 is 0 Å². The van der Waals surface area contributed by atoms with E-state index in [-0.39, 0.29) is 5.91 Å². The Morgan fingerprint density at radius 3 is 2.59 bits per heavy atom. The lowest BCUT2D eigenvalue weighted by Gasteiger charge is -2.34. The summed E-state index contributed by atoms with van der Waals surface area (Å²) in [5, 5.41) is 4.06. The number of carbonyl (C=O) groups excluding carboxylic acids is 1. The van der Waals surface area contributed by atoms with Gasteiger partial charge in [0.15, 0.2) is 0 Å². The molecule has 0 radical (unpaired) electrons. The Hall–Kier alpha value is -2.99. The lowest BCUT2D eigenvalue weighted by Crippen LogP contribution is -2.48. The highest BCUT2D eigenvalue weighted by Crippen LogP contribution is 2.21. The number of aromatic nitrogens is 2. The van der Waals surface area contributed by atoms with Crippen LogP contribution in [0.3, 0.4) is 0 Å². The third kappa shape index (κ3) is 4.06. The summed E-state index contributed by atoms with van der Waals surface area (Å²) in [5.74, 6) is 0.202. The Morgan fingerprint density at radius 2 is 1.89 bits per heavy atom.